The summed E-state index contributed by atoms with van der Waals surface area (Å²) in [6, 6.07) is 11.2. The molecule has 0 fully saturated rings. The summed E-state index contributed by atoms with van der Waals surface area (Å²) in [5.41, 5.74) is 0.955. The Kier molecular flexibility index (Phi) is 6.76. The molecule has 1 atom stereocenters. The van der Waals surface area contributed by atoms with Gasteiger partial charge in [-0.3, -0.25) is 9.59 Å². The first-order valence-corrected chi connectivity index (χ1v) is 9.05. The van der Waals surface area contributed by atoms with Gasteiger partial charge in [0.15, 0.2) is 0 Å². The third-order valence-electron chi connectivity index (χ3n) is 3.47. The number of aromatic nitrogens is 2. The lowest BCUT2D eigenvalue weighted by atomic mass is 10.1. The Balaban J connectivity index is 2.12. The number of nitrogens with one attached hydrogen (secondary N) is 1. The van der Waals surface area contributed by atoms with Gasteiger partial charge in [-0.2, -0.15) is 16.9 Å². The van der Waals surface area contributed by atoms with Crippen LogP contribution in [0.2, 0.25) is 0 Å². The molecule has 0 saturated carbocycles. The zero-order valence-electron chi connectivity index (χ0n) is 13.7. The minimum absolute atomic E-state index is 0.314. The molecule has 0 saturated heterocycles. The van der Waals surface area contributed by atoms with Gasteiger partial charge in [-0.05, 0) is 24.5 Å². The summed E-state index contributed by atoms with van der Waals surface area (Å²) in [4.78, 5) is 35.2. The van der Waals surface area contributed by atoms with Gasteiger partial charge in [-0.25, -0.2) is 9.48 Å². The number of hydrogen-bond acceptors (Lipinski definition) is 5. The van der Waals surface area contributed by atoms with Crippen LogP contribution in [0.5, 0.6) is 0 Å². The van der Waals surface area contributed by atoms with Crippen molar-refractivity contribution in [1.29, 1.82) is 0 Å². The Morgan fingerprint density at radius 2 is 1.96 bits per heavy atom. The van der Waals surface area contributed by atoms with E-state index in [-0.39, 0.29) is 6.54 Å². The number of benzene rings is 1. The predicted octanol–water partition coefficient (Wildman–Crippen LogP) is 1.23. The molecule has 0 bridgehead atoms. The van der Waals surface area contributed by atoms with E-state index in [9.17, 15) is 14.4 Å². The van der Waals surface area contributed by atoms with Crippen LogP contribution in [-0.4, -0.2) is 44.8 Å². The Hall–Kier alpha value is -2.61. The van der Waals surface area contributed by atoms with Crippen LogP contribution in [0, 0.1) is 0 Å². The van der Waals surface area contributed by atoms with Gasteiger partial charge in [-0.1, -0.05) is 30.3 Å². The molecule has 1 amide bonds. The van der Waals surface area contributed by atoms with Crippen LogP contribution >= 0.6 is 11.8 Å². The second kappa shape index (κ2) is 9.03. The van der Waals surface area contributed by atoms with Crippen molar-refractivity contribution in [3.8, 4) is 11.3 Å². The van der Waals surface area contributed by atoms with E-state index < -0.39 is 23.5 Å². The molecule has 1 unspecified atom stereocenters. The summed E-state index contributed by atoms with van der Waals surface area (Å²) < 4.78 is 1.03. The lowest BCUT2D eigenvalue weighted by molar-refractivity contribution is -0.142. The van der Waals surface area contributed by atoms with Crippen molar-refractivity contribution in [2.45, 2.75) is 19.0 Å². The van der Waals surface area contributed by atoms with Crippen molar-refractivity contribution in [3.63, 3.8) is 0 Å². The number of hydrogen-bond donors (Lipinski definition) is 2. The number of carbonyl (C=O) groups is 2. The zero-order chi connectivity index (χ0) is 18.2. The maximum absolute atomic E-state index is 12.1. The highest BCUT2D eigenvalue weighted by atomic mass is 32.2. The summed E-state index contributed by atoms with van der Waals surface area (Å²) in [6.07, 6.45) is 2.17. The fourth-order valence-corrected chi connectivity index (χ4v) is 2.67. The molecule has 0 aliphatic rings. The maximum atomic E-state index is 12.1. The Bertz CT molecular complexity index is 792. The van der Waals surface area contributed by atoms with Crippen LogP contribution < -0.4 is 10.9 Å². The van der Waals surface area contributed by atoms with Gasteiger partial charge in [0.1, 0.15) is 12.6 Å². The molecular formula is C17H19N3O4S. The van der Waals surface area contributed by atoms with E-state index in [1.807, 2.05) is 36.6 Å². The van der Waals surface area contributed by atoms with Crippen LogP contribution in [-0.2, 0) is 16.1 Å². The van der Waals surface area contributed by atoms with Crippen molar-refractivity contribution in [2.75, 3.05) is 12.0 Å². The Morgan fingerprint density at radius 3 is 2.60 bits per heavy atom. The second-order valence-corrected chi connectivity index (χ2v) is 6.31. The van der Waals surface area contributed by atoms with Gasteiger partial charge in [0.2, 0.25) is 5.91 Å². The monoisotopic (exact) mass is 361 g/mol. The number of aliphatic carboxylic acids is 1. The first kappa shape index (κ1) is 18.7. The lowest BCUT2D eigenvalue weighted by Gasteiger charge is -2.14. The van der Waals surface area contributed by atoms with E-state index in [0.29, 0.717) is 17.9 Å². The normalized spacial score (nSPS) is 11.7. The molecule has 132 valence electrons. The van der Waals surface area contributed by atoms with E-state index in [1.54, 1.807) is 6.07 Å². The van der Waals surface area contributed by atoms with Crippen molar-refractivity contribution in [1.82, 2.24) is 15.1 Å². The second-order valence-electron chi connectivity index (χ2n) is 5.32. The van der Waals surface area contributed by atoms with Gasteiger partial charge in [-0.15, -0.1) is 0 Å². The highest BCUT2D eigenvalue weighted by Gasteiger charge is 2.20. The minimum atomic E-state index is -1.10. The third kappa shape index (κ3) is 5.46. The molecule has 25 heavy (non-hydrogen) atoms. The summed E-state index contributed by atoms with van der Waals surface area (Å²) in [5, 5.41) is 15.8. The van der Waals surface area contributed by atoms with Crippen LogP contribution in [0.25, 0.3) is 11.3 Å². The highest BCUT2D eigenvalue weighted by Crippen LogP contribution is 2.13. The van der Waals surface area contributed by atoms with Crippen LogP contribution in [0.4, 0.5) is 0 Å². The molecule has 0 radical (unpaired) electrons. The zero-order valence-corrected chi connectivity index (χ0v) is 14.5. The fourth-order valence-electron chi connectivity index (χ4n) is 2.19. The average Bonchev–Trinajstić information content (AvgIpc) is 2.61. The molecule has 2 rings (SSSR count). The molecular weight excluding hydrogens is 342 g/mol. The van der Waals surface area contributed by atoms with Crippen molar-refractivity contribution in [3.05, 3.63) is 52.8 Å². The number of rotatable bonds is 8. The summed E-state index contributed by atoms with van der Waals surface area (Å²) in [5.74, 6) is -1.05. The molecule has 2 aromatic rings. The maximum Gasteiger partial charge on any atom is 0.326 e. The molecule has 7 nitrogen and oxygen atoms in total. The lowest BCUT2D eigenvalue weighted by Crippen LogP contribution is -2.44. The molecule has 1 aromatic carbocycles. The molecule has 1 aromatic heterocycles. The quantitative estimate of drug-likeness (QED) is 0.733. The smallest absolute Gasteiger partial charge is 0.326 e. The van der Waals surface area contributed by atoms with Crippen molar-refractivity contribution < 1.29 is 14.7 Å². The topological polar surface area (TPSA) is 101 Å². The average molecular weight is 361 g/mol. The standard InChI is InChI=1S/C17H19N3O4S/c1-25-10-9-14(17(23)24)18-15(21)11-20-16(22)8-7-13(19-20)12-5-3-2-4-6-12/h2-8,14H,9-11H2,1H3,(H,18,21)(H,23,24). The summed E-state index contributed by atoms with van der Waals surface area (Å²) in [6.45, 7) is -0.331. The number of carboxylic acids is 1. The minimum Gasteiger partial charge on any atom is -0.480 e. The summed E-state index contributed by atoms with van der Waals surface area (Å²) >= 11 is 1.50. The third-order valence-corrected chi connectivity index (χ3v) is 4.12. The number of carbonyl (C=O) groups excluding carboxylic acids is 1. The van der Waals surface area contributed by atoms with E-state index in [0.717, 1.165) is 10.2 Å². The largest absolute Gasteiger partial charge is 0.480 e. The van der Waals surface area contributed by atoms with E-state index in [2.05, 4.69) is 10.4 Å². The molecule has 0 spiro atoms. The molecule has 8 heteroatoms. The van der Waals surface area contributed by atoms with E-state index >= 15 is 0 Å². The first-order chi connectivity index (χ1) is 12.0. The molecule has 2 N–H and O–H groups in total. The van der Waals surface area contributed by atoms with Gasteiger partial charge in [0.05, 0.1) is 5.69 Å². The van der Waals surface area contributed by atoms with Crippen LogP contribution in [0.3, 0.4) is 0 Å². The SMILES string of the molecule is CSCCC(NC(=O)Cn1nc(-c2ccccc2)ccc1=O)C(=O)O. The van der Waals surface area contributed by atoms with Crippen LogP contribution in [0.1, 0.15) is 6.42 Å². The van der Waals surface area contributed by atoms with Gasteiger partial charge in [0.25, 0.3) is 5.56 Å². The molecule has 0 aliphatic heterocycles. The molecule has 1 heterocycles. The first-order valence-electron chi connectivity index (χ1n) is 7.66. The van der Waals surface area contributed by atoms with E-state index in [1.165, 1.54) is 17.8 Å². The number of nitrogens with zero attached hydrogens (tertiary/aromatic N) is 2. The Morgan fingerprint density at radius 1 is 1.24 bits per heavy atom. The van der Waals surface area contributed by atoms with Gasteiger partial charge >= 0.3 is 5.97 Å². The van der Waals surface area contributed by atoms with Crippen molar-refractivity contribution in [2.24, 2.45) is 0 Å². The molecule has 0 aliphatic carbocycles. The number of amides is 1. The van der Waals surface area contributed by atoms with E-state index in [4.69, 9.17) is 5.11 Å². The highest BCUT2D eigenvalue weighted by molar-refractivity contribution is 7.98. The Labute approximate surface area is 149 Å². The fraction of sp³-hybridized carbons (Fsp3) is 0.294. The summed E-state index contributed by atoms with van der Waals surface area (Å²) in [7, 11) is 0. The van der Waals surface area contributed by atoms with Gasteiger partial charge in [0, 0.05) is 11.6 Å². The number of thioether (sulfide) groups is 1. The van der Waals surface area contributed by atoms with Crippen LogP contribution in [0.15, 0.2) is 47.3 Å². The van der Waals surface area contributed by atoms with Gasteiger partial charge < -0.3 is 10.4 Å². The number of carboxylic acid groups (broad SMARTS) is 1. The van der Waals surface area contributed by atoms with Crippen molar-refractivity contribution >= 4 is 23.6 Å². The predicted molar refractivity (Wildman–Crippen MR) is 96.5 cm³/mol.